The van der Waals surface area contributed by atoms with E-state index in [4.69, 9.17) is 26.3 Å². The number of hydrogen-bond acceptors (Lipinski definition) is 2. The Balaban J connectivity index is 0.000000100. The Morgan fingerprint density at radius 3 is 1.07 bits per heavy atom. The van der Waals surface area contributed by atoms with Gasteiger partial charge in [0.1, 0.15) is 6.07 Å². The second-order valence-corrected chi connectivity index (χ2v) is 31.3. The molecule has 24 aromatic rings. The van der Waals surface area contributed by atoms with Crippen molar-refractivity contribution in [1.29, 1.82) is 10.5 Å². The lowest BCUT2D eigenvalue weighted by molar-refractivity contribution is 1.01. The molecule has 8 heterocycles. The Morgan fingerprint density at radius 1 is 0.230 bits per heavy atom. The van der Waals surface area contributed by atoms with Gasteiger partial charge in [-0.3, -0.25) is 0 Å². The number of fused-ring (bicyclic) bond motifs is 24. The molecule has 0 bridgehead atoms. The highest BCUT2D eigenvalue weighted by molar-refractivity contribution is 6.20. The number of nitrogens with zero attached hydrogens (tertiary/aromatic N) is 14. The molecule has 0 saturated carbocycles. The summed E-state index contributed by atoms with van der Waals surface area (Å²) in [6.45, 7) is 34.6. The minimum atomic E-state index is 0.565. The number of aryl methyl sites for hydroxylation is 6. The topological polar surface area (TPSA) is 104 Å². The quantitative estimate of drug-likeness (QED) is 0.164. The molecule has 0 unspecified atom stereocenters. The maximum Gasteiger partial charge on any atom is 0.211 e. The first-order chi connectivity index (χ1) is 59.8. The first-order valence-corrected chi connectivity index (χ1v) is 40.2. The van der Waals surface area contributed by atoms with Gasteiger partial charge in [-0.1, -0.05) is 163 Å². The average Bonchev–Trinajstić information content (AvgIpc) is 1.57. The van der Waals surface area contributed by atoms with Crippen LogP contribution in [0.5, 0.6) is 0 Å². The van der Waals surface area contributed by atoms with Crippen molar-refractivity contribution in [2.45, 2.75) is 13.8 Å². The number of benzene rings is 16. The molecule has 14 heteroatoms. The van der Waals surface area contributed by atoms with Crippen LogP contribution in [0.3, 0.4) is 0 Å². The lowest BCUT2D eigenvalue weighted by atomic mass is 10.1. The zero-order valence-corrected chi connectivity index (χ0v) is 67.3. The maximum absolute atomic E-state index is 9.85. The zero-order valence-electron chi connectivity index (χ0n) is 67.3. The fraction of sp³-hybridized carbons (Fsp3) is 0.0556. The lowest BCUT2D eigenvalue weighted by Gasteiger charge is -2.10. The molecule has 16 aromatic carbocycles. The third kappa shape index (κ3) is 11.0. The van der Waals surface area contributed by atoms with Gasteiger partial charge in [0.2, 0.25) is 5.69 Å². The van der Waals surface area contributed by atoms with Crippen molar-refractivity contribution < 1.29 is 0 Å². The van der Waals surface area contributed by atoms with Crippen LogP contribution in [0.2, 0.25) is 0 Å². The predicted molar refractivity (Wildman–Crippen MR) is 503 cm³/mol. The van der Waals surface area contributed by atoms with Crippen molar-refractivity contribution in [3.8, 4) is 34.9 Å². The van der Waals surface area contributed by atoms with Crippen LogP contribution in [0.15, 0.2) is 315 Å². The van der Waals surface area contributed by atoms with Gasteiger partial charge in [0, 0.05) is 182 Å². The molecular formula is C108H70N14. The van der Waals surface area contributed by atoms with Crippen LogP contribution in [-0.2, 0) is 28.2 Å². The highest BCUT2D eigenvalue weighted by Crippen LogP contribution is 2.46. The number of aromatic nitrogens is 8. The fourth-order valence-corrected chi connectivity index (χ4v) is 19.2. The Kier molecular flexibility index (Phi) is 16.9. The minimum absolute atomic E-state index is 0.565. The van der Waals surface area contributed by atoms with Gasteiger partial charge in [0.05, 0.1) is 76.6 Å². The summed E-state index contributed by atoms with van der Waals surface area (Å²) in [7, 11) is 8.41. The SMILES string of the molecule is [C-]#[N+]c1ccc2c(c1)c1cc(C)ccc1n2-c1ccc2c(c1)c1ccccc1n2C.[C-]#[N+]c1ccc2c3ccc(C)cc3n(-c3ccc4c(c3)c3ccccc3n4C)c2c1.[C-]#[N+]c1cccc2c1c1c(C#N)cccc1n2-c1ccc2c(c1)c1ccccc1n2C.[C-]#[N+]c1cccc2c3cccc(C#N)c3n(-c3ccc4c(c3)c3ccccc3n4C)c12. The summed E-state index contributed by atoms with van der Waals surface area (Å²) in [6, 6.07) is 113. The van der Waals surface area contributed by atoms with Crippen molar-refractivity contribution >= 4 is 197 Å². The number of hydrogen-bond donors (Lipinski definition) is 0. The first-order valence-electron chi connectivity index (χ1n) is 40.2. The van der Waals surface area contributed by atoms with Gasteiger partial charge in [0.15, 0.2) is 17.1 Å². The van der Waals surface area contributed by atoms with Gasteiger partial charge < -0.3 is 36.5 Å². The Hall–Kier alpha value is -17.1. The van der Waals surface area contributed by atoms with Crippen LogP contribution in [0.25, 0.3) is 217 Å². The van der Waals surface area contributed by atoms with Crippen LogP contribution < -0.4 is 0 Å². The molecule has 8 aromatic heterocycles. The van der Waals surface area contributed by atoms with E-state index in [-0.39, 0.29) is 0 Å². The van der Waals surface area contributed by atoms with Crippen molar-refractivity contribution in [2.75, 3.05) is 0 Å². The van der Waals surface area contributed by atoms with Crippen molar-refractivity contribution in [1.82, 2.24) is 36.5 Å². The summed E-state index contributed by atoms with van der Waals surface area (Å²) < 4.78 is 17.8. The smallest absolute Gasteiger partial charge is 0.211 e. The molecule has 14 nitrogen and oxygen atoms in total. The Morgan fingerprint density at radius 2 is 0.557 bits per heavy atom. The number of nitriles is 2. The molecule has 0 atom stereocenters. The van der Waals surface area contributed by atoms with Crippen LogP contribution in [0.1, 0.15) is 22.3 Å². The first kappa shape index (κ1) is 72.6. The Bertz CT molecular complexity index is 8810. The third-order valence-corrected chi connectivity index (χ3v) is 24.8. The minimum Gasteiger partial charge on any atom is -0.344 e. The van der Waals surface area contributed by atoms with Crippen molar-refractivity contribution in [3.63, 3.8) is 0 Å². The highest BCUT2D eigenvalue weighted by Gasteiger charge is 2.24. The predicted octanol–water partition coefficient (Wildman–Crippen LogP) is 28.3. The molecular weight excluding hydrogens is 1490 g/mol. The maximum atomic E-state index is 9.85. The lowest BCUT2D eigenvalue weighted by Crippen LogP contribution is -1.96. The van der Waals surface area contributed by atoms with E-state index in [1.165, 1.54) is 109 Å². The normalized spacial score (nSPS) is 11.5. The number of para-hydroxylation sites is 6. The van der Waals surface area contributed by atoms with E-state index in [0.717, 1.165) is 99.2 Å². The monoisotopic (exact) mass is 1560 g/mol. The molecule has 0 aliphatic heterocycles. The molecule has 0 spiro atoms. The molecule has 0 N–H and O–H groups in total. The second-order valence-electron chi connectivity index (χ2n) is 31.3. The molecule has 0 fully saturated rings. The average molecular weight is 1560 g/mol. The van der Waals surface area contributed by atoms with Gasteiger partial charge in [-0.15, -0.1) is 0 Å². The van der Waals surface area contributed by atoms with E-state index >= 15 is 0 Å². The van der Waals surface area contributed by atoms with E-state index in [9.17, 15) is 10.5 Å². The summed E-state index contributed by atoms with van der Waals surface area (Å²) in [5.74, 6) is 0. The second kappa shape index (κ2) is 28.4. The van der Waals surface area contributed by atoms with Crippen LogP contribution in [0, 0.1) is 62.8 Å². The van der Waals surface area contributed by atoms with Gasteiger partial charge in [-0.2, -0.15) is 10.5 Å². The fourth-order valence-electron chi connectivity index (χ4n) is 19.2. The van der Waals surface area contributed by atoms with E-state index in [1.54, 1.807) is 0 Å². The van der Waals surface area contributed by atoms with Crippen LogP contribution >= 0.6 is 0 Å². The third-order valence-electron chi connectivity index (χ3n) is 24.8. The molecule has 0 aliphatic carbocycles. The van der Waals surface area contributed by atoms with Crippen LogP contribution in [-0.4, -0.2) is 36.5 Å². The van der Waals surface area contributed by atoms with Crippen molar-refractivity contribution in [3.05, 3.63) is 383 Å². The molecule has 0 aliphatic rings. The summed E-state index contributed by atoms with van der Waals surface area (Å²) in [6.07, 6.45) is 0. The van der Waals surface area contributed by atoms with Gasteiger partial charge in [0.25, 0.3) is 0 Å². The van der Waals surface area contributed by atoms with E-state index in [1.807, 2.05) is 97.1 Å². The highest BCUT2D eigenvalue weighted by atomic mass is 15.0. The van der Waals surface area contributed by atoms with Gasteiger partial charge in [-0.25, -0.2) is 19.4 Å². The summed E-state index contributed by atoms with van der Waals surface area (Å²) >= 11 is 0. The molecule has 0 radical (unpaired) electrons. The molecule has 122 heavy (non-hydrogen) atoms. The molecule has 24 rings (SSSR count). The van der Waals surface area contributed by atoms with Crippen LogP contribution in [0.4, 0.5) is 22.7 Å². The van der Waals surface area contributed by atoms with Crippen molar-refractivity contribution in [2.24, 2.45) is 28.2 Å². The zero-order chi connectivity index (χ0) is 83.0. The summed E-state index contributed by atoms with van der Waals surface area (Å²) in [4.78, 5) is 14.9. The standard InChI is InChI=1S/2C27H16N4.2C27H19N3/c1-29-21-9-6-12-25-27(21)26-17(16-28)7-5-11-24(26)31(25)18-13-14-23-20(15-18)19-8-3-4-10-22(19)30(23)2;1-29-23-11-6-10-21-20-9-5-7-17(16-28)26(20)31(27(21)23)18-13-14-25-22(15-18)19-8-3-4-12-24(19)30(25)2;1-17-8-11-26-21(14-17)22-15-18(28-2)9-12-27(22)30(26)19-10-13-25-23(16-19)20-6-4-5-7-24(20)29(25)3;1-17-8-11-21-22-12-9-18(28-2)15-27(22)30(26(21)14-17)19-10-13-25-23(16-19)20-6-4-5-7-24(20)29(25)3/h2*3-15H,2H3;2*4-16H,1,3H3. The molecule has 0 saturated heterocycles. The number of rotatable bonds is 4. The summed E-state index contributed by atoms with van der Waals surface area (Å²) in [5, 5.41) is 37.7. The molecule has 572 valence electrons. The van der Waals surface area contributed by atoms with E-state index in [0.29, 0.717) is 33.9 Å². The largest absolute Gasteiger partial charge is 0.344 e. The Labute approximate surface area is 700 Å². The van der Waals surface area contributed by atoms with Gasteiger partial charge >= 0.3 is 0 Å². The summed E-state index contributed by atoms with van der Waals surface area (Å²) in [5.41, 5.74) is 28.0. The van der Waals surface area contributed by atoms with Gasteiger partial charge in [-0.05, 0) is 188 Å². The van der Waals surface area contributed by atoms with E-state index in [2.05, 4.69) is 328 Å². The van der Waals surface area contributed by atoms with E-state index < -0.39 is 0 Å². The molecule has 0 amide bonds.